The van der Waals surface area contributed by atoms with Gasteiger partial charge in [0.2, 0.25) is 0 Å². The molecule has 0 aliphatic heterocycles. The molecule has 1 saturated carbocycles. The zero-order chi connectivity index (χ0) is 10.7. The van der Waals surface area contributed by atoms with Crippen molar-refractivity contribution >= 4 is 0 Å². The zero-order valence-corrected chi connectivity index (χ0v) is 9.61. The van der Waals surface area contributed by atoms with Crippen molar-refractivity contribution in [2.24, 2.45) is 5.92 Å². The van der Waals surface area contributed by atoms with E-state index in [1.54, 1.807) is 0 Å². The van der Waals surface area contributed by atoms with Crippen LogP contribution in [0.15, 0.2) is 24.4 Å². The van der Waals surface area contributed by atoms with E-state index in [9.17, 15) is 0 Å². The van der Waals surface area contributed by atoms with E-state index in [0.29, 0.717) is 12.1 Å². The lowest BCUT2D eigenvalue weighted by atomic mass is 10.1. The minimum absolute atomic E-state index is 0.376. The number of rotatable bonds is 3. The standard InChI is InChI=1S/C13H20N2/c1-10-6-7-12(9-10)15-11(2)13-5-3-4-8-14-13/h3-5,8,10-12,15H,6-7,9H2,1-2H3/t10?,11-,12?/m0/s1. The fraction of sp³-hybridized carbons (Fsp3) is 0.615. The van der Waals surface area contributed by atoms with E-state index in [4.69, 9.17) is 0 Å². The molecule has 2 heteroatoms. The zero-order valence-electron chi connectivity index (χ0n) is 9.61. The lowest BCUT2D eigenvalue weighted by molar-refractivity contribution is 0.443. The second-order valence-corrected chi connectivity index (χ2v) is 4.76. The van der Waals surface area contributed by atoms with Crippen molar-refractivity contribution in [2.45, 2.75) is 45.2 Å². The normalized spacial score (nSPS) is 27.9. The molecule has 82 valence electrons. The van der Waals surface area contributed by atoms with Crippen molar-refractivity contribution in [2.75, 3.05) is 0 Å². The molecule has 0 saturated heterocycles. The molecule has 0 spiro atoms. The Balaban J connectivity index is 1.90. The predicted octanol–water partition coefficient (Wildman–Crippen LogP) is 2.92. The number of hydrogen-bond donors (Lipinski definition) is 1. The summed E-state index contributed by atoms with van der Waals surface area (Å²) in [4.78, 5) is 4.38. The summed E-state index contributed by atoms with van der Waals surface area (Å²) in [5, 5.41) is 3.66. The molecule has 1 aromatic rings. The molecule has 15 heavy (non-hydrogen) atoms. The van der Waals surface area contributed by atoms with Gasteiger partial charge in [0.05, 0.1) is 5.69 Å². The Hall–Kier alpha value is -0.890. The molecule has 1 fully saturated rings. The van der Waals surface area contributed by atoms with E-state index in [1.165, 1.54) is 19.3 Å². The largest absolute Gasteiger partial charge is 0.306 e. The fourth-order valence-electron chi connectivity index (χ4n) is 2.43. The van der Waals surface area contributed by atoms with Gasteiger partial charge in [-0.05, 0) is 44.2 Å². The van der Waals surface area contributed by atoms with Crippen LogP contribution in [0.25, 0.3) is 0 Å². The van der Waals surface area contributed by atoms with Crippen LogP contribution in [0.1, 0.15) is 44.8 Å². The molecular weight excluding hydrogens is 184 g/mol. The summed E-state index contributed by atoms with van der Waals surface area (Å²) in [5.41, 5.74) is 1.15. The van der Waals surface area contributed by atoms with E-state index in [0.717, 1.165) is 11.6 Å². The Bertz CT molecular complexity index is 297. The van der Waals surface area contributed by atoms with Crippen LogP contribution < -0.4 is 5.32 Å². The molecule has 2 nitrogen and oxygen atoms in total. The smallest absolute Gasteiger partial charge is 0.0570 e. The Kier molecular flexibility index (Phi) is 3.37. The lowest BCUT2D eigenvalue weighted by Crippen LogP contribution is -2.29. The maximum atomic E-state index is 4.38. The molecule has 2 rings (SSSR count). The van der Waals surface area contributed by atoms with E-state index in [2.05, 4.69) is 36.3 Å². The highest BCUT2D eigenvalue weighted by molar-refractivity contribution is 5.08. The quantitative estimate of drug-likeness (QED) is 0.819. The van der Waals surface area contributed by atoms with Gasteiger partial charge in [-0.2, -0.15) is 0 Å². The number of pyridine rings is 1. The molecule has 2 unspecified atom stereocenters. The topological polar surface area (TPSA) is 24.9 Å². The Morgan fingerprint density at radius 1 is 1.40 bits per heavy atom. The van der Waals surface area contributed by atoms with Gasteiger partial charge in [0, 0.05) is 18.3 Å². The molecular formula is C13H20N2. The van der Waals surface area contributed by atoms with E-state index >= 15 is 0 Å². The molecule has 1 N–H and O–H groups in total. The highest BCUT2D eigenvalue weighted by Crippen LogP contribution is 2.26. The number of hydrogen-bond acceptors (Lipinski definition) is 2. The number of aromatic nitrogens is 1. The van der Waals surface area contributed by atoms with Gasteiger partial charge in [0.15, 0.2) is 0 Å². The van der Waals surface area contributed by atoms with Gasteiger partial charge in [-0.15, -0.1) is 0 Å². The summed E-state index contributed by atoms with van der Waals surface area (Å²) in [6, 6.07) is 7.18. The van der Waals surface area contributed by atoms with E-state index in [-0.39, 0.29) is 0 Å². The van der Waals surface area contributed by atoms with Crippen LogP contribution in [0.3, 0.4) is 0 Å². The summed E-state index contributed by atoms with van der Waals surface area (Å²) < 4.78 is 0. The average molecular weight is 204 g/mol. The van der Waals surface area contributed by atoms with E-state index < -0.39 is 0 Å². The fourth-order valence-corrected chi connectivity index (χ4v) is 2.43. The van der Waals surface area contributed by atoms with Crippen molar-refractivity contribution in [3.05, 3.63) is 30.1 Å². The highest BCUT2D eigenvalue weighted by Gasteiger charge is 2.22. The summed E-state index contributed by atoms with van der Waals surface area (Å²) in [5.74, 6) is 0.887. The van der Waals surface area contributed by atoms with Gasteiger partial charge < -0.3 is 5.32 Å². The first-order valence-corrected chi connectivity index (χ1v) is 5.92. The van der Waals surface area contributed by atoms with Crippen LogP contribution in [0.5, 0.6) is 0 Å². The molecule has 1 heterocycles. The van der Waals surface area contributed by atoms with Crippen LogP contribution in [0, 0.1) is 5.92 Å². The number of nitrogens with zero attached hydrogens (tertiary/aromatic N) is 1. The third-order valence-corrected chi connectivity index (χ3v) is 3.31. The second kappa shape index (κ2) is 4.75. The van der Waals surface area contributed by atoms with Gasteiger partial charge in [-0.1, -0.05) is 13.0 Å². The first-order valence-electron chi connectivity index (χ1n) is 5.92. The molecule has 1 aliphatic carbocycles. The third-order valence-electron chi connectivity index (χ3n) is 3.31. The van der Waals surface area contributed by atoms with Crippen LogP contribution in [-0.2, 0) is 0 Å². The molecule has 1 aromatic heterocycles. The maximum Gasteiger partial charge on any atom is 0.0570 e. The van der Waals surface area contributed by atoms with Gasteiger partial charge >= 0.3 is 0 Å². The van der Waals surface area contributed by atoms with Crippen molar-refractivity contribution in [3.8, 4) is 0 Å². The second-order valence-electron chi connectivity index (χ2n) is 4.76. The van der Waals surface area contributed by atoms with Gasteiger partial charge in [0.1, 0.15) is 0 Å². The van der Waals surface area contributed by atoms with Crippen LogP contribution in [0.4, 0.5) is 0 Å². The van der Waals surface area contributed by atoms with Crippen molar-refractivity contribution in [3.63, 3.8) is 0 Å². The lowest BCUT2D eigenvalue weighted by Gasteiger charge is -2.18. The minimum atomic E-state index is 0.376. The Morgan fingerprint density at radius 2 is 2.27 bits per heavy atom. The summed E-state index contributed by atoms with van der Waals surface area (Å²) in [6.45, 7) is 4.54. The van der Waals surface area contributed by atoms with Crippen LogP contribution in [0.2, 0.25) is 0 Å². The van der Waals surface area contributed by atoms with Crippen LogP contribution >= 0.6 is 0 Å². The molecule has 0 bridgehead atoms. The Morgan fingerprint density at radius 3 is 2.87 bits per heavy atom. The van der Waals surface area contributed by atoms with Gasteiger partial charge in [0.25, 0.3) is 0 Å². The summed E-state index contributed by atoms with van der Waals surface area (Å²) in [7, 11) is 0. The predicted molar refractivity (Wildman–Crippen MR) is 62.6 cm³/mol. The molecule has 3 atom stereocenters. The summed E-state index contributed by atoms with van der Waals surface area (Å²) >= 11 is 0. The average Bonchev–Trinajstić information content (AvgIpc) is 2.65. The first kappa shape index (κ1) is 10.6. The highest BCUT2D eigenvalue weighted by atomic mass is 15.0. The molecule has 1 aliphatic rings. The monoisotopic (exact) mass is 204 g/mol. The van der Waals surface area contributed by atoms with E-state index in [1.807, 2.05) is 12.3 Å². The summed E-state index contributed by atoms with van der Waals surface area (Å²) in [6.07, 6.45) is 5.87. The molecule has 0 aromatic carbocycles. The molecule has 0 amide bonds. The van der Waals surface area contributed by atoms with Crippen molar-refractivity contribution in [1.82, 2.24) is 10.3 Å². The van der Waals surface area contributed by atoms with Crippen molar-refractivity contribution < 1.29 is 0 Å². The van der Waals surface area contributed by atoms with Crippen LogP contribution in [-0.4, -0.2) is 11.0 Å². The van der Waals surface area contributed by atoms with Gasteiger partial charge in [-0.3, -0.25) is 4.98 Å². The van der Waals surface area contributed by atoms with Crippen molar-refractivity contribution in [1.29, 1.82) is 0 Å². The minimum Gasteiger partial charge on any atom is -0.306 e. The third kappa shape index (κ3) is 2.78. The SMILES string of the molecule is CC1CCC(N[C@@H](C)c2ccccn2)C1. The Labute approximate surface area is 92.1 Å². The van der Waals surface area contributed by atoms with Gasteiger partial charge in [-0.25, -0.2) is 0 Å². The number of nitrogens with one attached hydrogen (secondary N) is 1. The maximum absolute atomic E-state index is 4.38. The first-order chi connectivity index (χ1) is 7.25. The molecule has 0 radical (unpaired) electrons.